The molecule has 32 heavy (non-hydrogen) atoms. The van der Waals surface area contributed by atoms with Crippen molar-refractivity contribution in [2.75, 3.05) is 16.0 Å². The molecular weight excluding hydrogens is 398 g/mol. The Bertz CT molecular complexity index is 1040. The predicted octanol–water partition coefficient (Wildman–Crippen LogP) is 6.49. The van der Waals surface area contributed by atoms with Gasteiger partial charge in [-0.25, -0.2) is 4.98 Å². The number of benzene rings is 2. The third-order valence-corrected chi connectivity index (χ3v) is 5.86. The summed E-state index contributed by atoms with van der Waals surface area (Å²) in [5.74, 6) is 2.07. The molecule has 0 bridgehead atoms. The molecular formula is C26H31N5O. The van der Waals surface area contributed by atoms with Crippen molar-refractivity contribution in [1.29, 1.82) is 0 Å². The smallest absolute Gasteiger partial charge is 0.229 e. The number of hydrogen-bond acceptors (Lipinski definition) is 5. The van der Waals surface area contributed by atoms with E-state index in [4.69, 9.17) is 0 Å². The summed E-state index contributed by atoms with van der Waals surface area (Å²) in [7, 11) is 0. The largest absolute Gasteiger partial charge is 0.340 e. The van der Waals surface area contributed by atoms with Gasteiger partial charge in [0.2, 0.25) is 11.9 Å². The van der Waals surface area contributed by atoms with Crippen LogP contribution in [0.5, 0.6) is 0 Å². The number of carbonyl (C=O) groups excluding carboxylic acids is 1. The molecule has 0 unspecified atom stereocenters. The fourth-order valence-electron chi connectivity index (χ4n) is 4.10. The maximum Gasteiger partial charge on any atom is 0.229 e. The lowest BCUT2D eigenvalue weighted by Crippen LogP contribution is -2.12. The Morgan fingerprint density at radius 2 is 1.50 bits per heavy atom. The molecule has 0 radical (unpaired) electrons. The molecule has 1 fully saturated rings. The van der Waals surface area contributed by atoms with Gasteiger partial charge in [-0.15, -0.1) is 0 Å². The molecule has 3 aromatic rings. The maximum absolute atomic E-state index is 12.2. The molecule has 1 saturated carbocycles. The number of aromatic nitrogens is 2. The minimum atomic E-state index is 0.0893. The zero-order valence-electron chi connectivity index (χ0n) is 18.8. The van der Waals surface area contributed by atoms with E-state index in [-0.39, 0.29) is 5.91 Å². The molecule has 0 aliphatic heterocycles. The first-order valence-corrected chi connectivity index (χ1v) is 11.4. The monoisotopic (exact) mass is 429 g/mol. The second kappa shape index (κ2) is 10.3. The number of anilines is 5. The zero-order chi connectivity index (χ0) is 22.3. The molecule has 0 spiro atoms. The summed E-state index contributed by atoms with van der Waals surface area (Å²) in [6.45, 7) is 4.01. The van der Waals surface area contributed by atoms with Gasteiger partial charge >= 0.3 is 0 Å². The van der Waals surface area contributed by atoms with E-state index in [9.17, 15) is 4.79 Å². The second-order valence-electron chi connectivity index (χ2n) is 8.65. The lowest BCUT2D eigenvalue weighted by atomic mass is 10.0. The molecule has 2 aromatic carbocycles. The summed E-state index contributed by atoms with van der Waals surface area (Å²) in [4.78, 5) is 21.3. The fourth-order valence-corrected chi connectivity index (χ4v) is 4.10. The molecule has 1 aromatic heterocycles. The Hall–Kier alpha value is -3.41. The van der Waals surface area contributed by atoms with E-state index < -0.39 is 0 Å². The fraction of sp³-hybridized carbons (Fsp3) is 0.346. The van der Waals surface area contributed by atoms with E-state index in [0.717, 1.165) is 40.9 Å². The number of nitrogens with one attached hydrogen (secondary N) is 3. The zero-order valence-corrected chi connectivity index (χ0v) is 18.8. The predicted molar refractivity (Wildman–Crippen MR) is 131 cm³/mol. The summed E-state index contributed by atoms with van der Waals surface area (Å²) in [5.41, 5.74) is 4.72. The van der Waals surface area contributed by atoms with E-state index in [1.807, 2.05) is 49.4 Å². The average molecular weight is 430 g/mol. The van der Waals surface area contributed by atoms with Crippen LogP contribution in [0.1, 0.15) is 49.8 Å². The lowest BCUT2D eigenvalue weighted by Gasteiger charge is -2.11. The van der Waals surface area contributed by atoms with Gasteiger partial charge in [-0.05, 0) is 62.6 Å². The van der Waals surface area contributed by atoms with E-state index in [1.165, 1.54) is 31.2 Å². The highest BCUT2D eigenvalue weighted by atomic mass is 16.1. The lowest BCUT2D eigenvalue weighted by molar-refractivity contribution is -0.116. The van der Waals surface area contributed by atoms with Crippen molar-refractivity contribution in [3.63, 3.8) is 0 Å². The molecule has 1 amide bonds. The maximum atomic E-state index is 12.2. The van der Waals surface area contributed by atoms with E-state index >= 15 is 0 Å². The first-order valence-electron chi connectivity index (χ1n) is 11.4. The van der Waals surface area contributed by atoms with Crippen molar-refractivity contribution < 1.29 is 4.79 Å². The van der Waals surface area contributed by atoms with Crippen LogP contribution in [0.3, 0.4) is 0 Å². The van der Waals surface area contributed by atoms with Gasteiger partial charge in [0.25, 0.3) is 0 Å². The molecule has 4 rings (SSSR count). The Kier molecular flexibility index (Phi) is 7.00. The number of nitrogens with zero attached hydrogens (tertiary/aromatic N) is 2. The normalized spacial score (nSPS) is 13.7. The molecule has 1 heterocycles. The van der Waals surface area contributed by atoms with Crippen molar-refractivity contribution in [2.45, 2.75) is 52.4 Å². The van der Waals surface area contributed by atoms with Gasteiger partial charge in [0, 0.05) is 35.2 Å². The van der Waals surface area contributed by atoms with Crippen molar-refractivity contribution in [3.8, 4) is 0 Å². The van der Waals surface area contributed by atoms with Gasteiger partial charge in [0.15, 0.2) is 0 Å². The van der Waals surface area contributed by atoms with Crippen LogP contribution in [-0.4, -0.2) is 15.9 Å². The Labute approximate surface area is 189 Å². The van der Waals surface area contributed by atoms with Gasteiger partial charge in [-0.1, -0.05) is 43.4 Å². The van der Waals surface area contributed by atoms with Crippen LogP contribution in [0.25, 0.3) is 0 Å². The number of aryl methyl sites for hydroxylation is 2. The van der Waals surface area contributed by atoms with Crippen molar-refractivity contribution in [1.82, 2.24) is 9.97 Å². The van der Waals surface area contributed by atoms with Crippen LogP contribution in [-0.2, 0) is 4.79 Å². The summed E-state index contributed by atoms with van der Waals surface area (Å²) >= 11 is 0. The highest BCUT2D eigenvalue weighted by Crippen LogP contribution is 2.28. The third-order valence-electron chi connectivity index (χ3n) is 5.86. The number of rotatable bonds is 8. The van der Waals surface area contributed by atoms with Crippen LogP contribution in [0, 0.1) is 19.8 Å². The summed E-state index contributed by atoms with van der Waals surface area (Å²) in [6.07, 6.45) is 6.77. The number of amides is 1. The van der Waals surface area contributed by atoms with Crippen LogP contribution >= 0.6 is 0 Å². The molecule has 3 N–H and O–H groups in total. The van der Waals surface area contributed by atoms with E-state index in [1.54, 1.807) is 0 Å². The molecule has 6 nitrogen and oxygen atoms in total. The highest BCUT2D eigenvalue weighted by molar-refractivity contribution is 5.90. The molecule has 0 saturated heterocycles. The number of carbonyl (C=O) groups is 1. The van der Waals surface area contributed by atoms with Gasteiger partial charge in [0.05, 0.1) is 0 Å². The van der Waals surface area contributed by atoms with Crippen LogP contribution in [0.2, 0.25) is 0 Å². The van der Waals surface area contributed by atoms with Crippen LogP contribution in [0.15, 0.2) is 54.6 Å². The van der Waals surface area contributed by atoms with Crippen molar-refractivity contribution in [3.05, 3.63) is 65.9 Å². The van der Waals surface area contributed by atoms with E-state index in [2.05, 4.69) is 45.0 Å². The average Bonchev–Trinajstić information content (AvgIpc) is 3.29. The van der Waals surface area contributed by atoms with Gasteiger partial charge < -0.3 is 16.0 Å². The molecule has 1 aliphatic rings. The number of hydrogen-bond donors (Lipinski definition) is 3. The summed E-state index contributed by atoms with van der Waals surface area (Å²) in [6, 6.07) is 17.7. The van der Waals surface area contributed by atoms with Crippen LogP contribution in [0.4, 0.5) is 28.8 Å². The van der Waals surface area contributed by atoms with Gasteiger partial charge in [-0.3, -0.25) is 4.79 Å². The van der Waals surface area contributed by atoms with E-state index in [0.29, 0.717) is 12.4 Å². The van der Waals surface area contributed by atoms with Crippen molar-refractivity contribution in [2.24, 2.45) is 5.92 Å². The van der Waals surface area contributed by atoms with Crippen LogP contribution < -0.4 is 16.0 Å². The first kappa shape index (κ1) is 21.8. The first-order chi connectivity index (χ1) is 15.5. The molecule has 1 aliphatic carbocycles. The third kappa shape index (κ3) is 6.30. The second-order valence-corrected chi connectivity index (χ2v) is 8.65. The minimum absolute atomic E-state index is 0.0893. The minimum Gasteiger partial charge on any atom is -0.340 e. The Morgan fingerprint density at radius 3 is 2.22 bits per heavy atom. The Balaban J connectivity index is 1.33. The SMILES string of the molecule is Cc1ccc(Nc2cc(C)nc(Nc3ccc(NC(=O)CCC4CCCC4)cc3)n2)cc1. The van der Waals surface area contributed by atoms with Crippen molar-refractivity contribution >= 4 is 34.7 Å². The Morgan fingerprint density at radius 1 is 0.875 bits per heavy atom. The molecule has 166 valence electrons. The summed E-state index contributed by atoms with van der Waals surface area (Å²) in [5, 5.41) is 9.57. The standard InChI is InChI=1S/C26H31N5O/c1-18-7-10-21(11-8-18)28-24-17-19(2)27-26(31-24)30-23-14-12-22(13-15-23)29-25(32)16-9-20-5-3-4-6-20/h7-8,10-15,17,20H,3-6,9,16H2,1-2H3,(H,29,32)(H2,27,28,30,31). The quantitative estimate of drug-likeness (QED) is 0.381. The summed E-state index contributed by atoms with van der Waals surface area (Å²) < 4.78 is 0. The molecule has 0 atom stereocenters. The highest BCUT2D eigenvalue weighted by Gasteiger charge is 2.16. The topological polar surface area (TPSA) is 78.9 Å². The van der Waals surface area contributed by atoms with Gasteiger partial charge in [0.1, 0.15) is 5.82 Å². The van der Waals surface area contributed by atoms with Gasteiger partial charge in [-0.2, -0.15) is 4.98 Å². The molecule has 6 heteroatoms.